The van der Waals surface area contributed by atoms with E-state index in [2.05, 4.69) is 161 Å². The van der Waals surface area contributed by atoms with Gasteiger partial charge in [-0.1, -0.05) is 92.0 Å². The summed E-state index contributed by atoms with van der Waals surface area (Å²) in [6.07, 6.45) is 10.4. The number of hydrogen-bond donors (Lipinski definition) is 0. The third kappa shape index (κ3) is 12.0. The Morgan fingerprint density at radius 1 is 0.604 bits per heavy atom. The first-order valence-electron chi connectivity index (χ1n) is 18.5. The first kappa shape index (κ1) is 42.8. The molecule has 1 aliphatic rings. The van der Waals surface area contributed by atoms with Crippen LogP contribution in [0, 0.1) is 0 Å². The Labute approximate surface area is 322 Å². The summed E-state index contributed by atoms with van der Waals surface area (Å²) in [6.45, 7) is 24.7. The SMILES string of the molecule is CCCC(C)(C)OCCC(C)(CC)SCCCS1(CCCSC(C)(CC)CCOC(C)(C)CC)c2cc(Br)ccc2-c2ccc(Br)cc21. The van der Waals surface area contributed by atoms with E-state index in [1.807, 2.05) is 0 Å². The highest BCUT2D eigenvalue weighted by Gasteiger charge is 2.39. The number of benzene rings is 2. The van der Waals surface area contributed by atoms with Gasteiger partial charge in [-0.3, -0.25) is 0 Å². The van der Waals surface area contributed by atoms with Crippen molar-refractivity contribution in [1.82, 2.24) is 0 Å². The molecule has 1 heterocycles. The minimum Gasteiger partial charge on any atom is -0.376 e. The Morgan fingerprint density at radius 3 is 1.44 bits per heavy atom. The zero-order valence-corrected chi connectivity index (χ0v) is 37.5. The standard InChI is InChI=1S/C41H66Br2O2S3/c1-11-21-39(7,8)45-25-23-41(10,14-4)47-27-16-29-48(28-15-26-46-40(9,13-3)22-24-44-38(5,6)12-2)36-30-32(42)17-19-34(36)35-20-18-33(43)31-37(35)48/h17-20,30-31H,11-16,21-29H2,1-10H3. The largest absolute Gasteiger partial charge is 0.376 e. The molecule has 274 valence electrons. The molecule has 0 radical (unpaired) electrons. The molecule has 0 N–H and O–H groups in total. The Hall–Kier alpha value is 0.370. The quantitative estimate of drug-likeness (QED) is 0.104. The van der Waals surface area contributed by atoms with Crippen molar-refractivity contribution >= 4 is 65.4 Å². The summed E-state index contributed by atoms with van der Waals surface area (Å²) >= 11 is 12.1. The van der Waals surface area contributed by atoms with Gasteiger partial charge in [0.15, 0.2) is 0 Å². The molecule has 2 atom stereocenters. The Bertz CT molecular complexity index is 1250. The molecule has 0 aliphatic carbocycles. The number of thioether (sulfide) groups is 2. The molecule has 0 fully saturated rings. The zero-order chi connectivity index (χ0) is 35.6. The van der Waals surface area contributed by atoms with Crippen molar-refractivity contribution in [3.05, 3.63) is 45.3 Å². The van der Waals surface area contributed by atoms with E-state index in [0.29, 0.717) is 0 Å². The molecule has 0 spiro atoms. The van der Waals surface area contributed by atoms with Gasteiger partial charge < -0.3 is 9.47 Å². The van der Waals surface area contributed by atoms with Crippen molar-refractivity contribution in [3.63, 3.8) is 0 Å². The smallest absolute Gasteiger partial charge is 0.0626 e. The maximum atomic E-state index is 6.37. The second-order valence-corrected chi connectivity index (χ2v) is 24.1. The second kappa shape index (κ2) is 18.9. The van der Waals surface area contributed by atoms with Crippen molar-refractivity contribution in [3.8, 4) is 11.1 Å². The van der Waals surface area contributed by atoms with Crippen LogP contribution >= 0.6 is 65.4 Å². The predicted molar refractivity (Wildman–Crippen MR) is 227 cm³/mol. The van der Waals surface area contributed by atoms with Crippen LogP contribution in [0.5, 0.6) is 0 Å². The number of ether oxygens (including phenoxy) is 2. The van der Waals surface area contributed by atoms with Gasteiger partial charge in [0.1, 0.15) is 0 Å². The van der Waals surface area contributed by atoms with Crippen LogP contribution in [0.25, 0.3) is 11.1 Å². The molecule has 0 bridgehead atoms. The summed E-state index contributed by atoms with van der Waals surface area (Å²) in [7, 11) is -1.19. The Balaban J connectivity index is 1.76. The lowest BCUT2D eigenvalue weighted by atomic mass is 10.0. The van der Waals surface area contributed by atoms with E-state index in [1.165, 1.54) is 75.2 Å². The van der Waals surface area contributed by atoms with E-state index in [1.54, 1.807) is 9.79 Å². The van der Waals surface area contributed by atoms with Gasteiger partial charge in [0.25, 0.3) is 0 Å². The maximum Gasteiger partial charge on any atom is 0.0626 e. The van der Waals surface area contributed by atoms with Gasteiger partial charge in [-0.05, 0) is 137 Å². The molecule has 2 aromatic carbocycles. The third-order valence-electron chi connectivity index (χ3n) is 10.6. The molecular formula is C41H66Br2O2S3. The molecule has 2 nitrogen and oxygen atoms in total. The van der Waals surface area contributed by atoms with Gasteiger partial charge in [0.2, 0.25) is 0 Å². The maximum absolute atomic E-state index is 6.37. The van der Waals surface area contributed by atoms with Crippen LogP contribution in [0.4, 0.5) is 0 Å². The first-order valence-corrected chi connectivity index (χ1v) is 24.0. The van der Waals surface area contributed by atoms with E-state index in [-0.39, 0.29) is 20.7 Å². The normalized spacial score (nSPS) is 17.4. The van der Waals surface area contributed by atoms with E-state index in [4.69, 9.17) is 9.47 Å². The molecule has 0 amide bonds. The van der Waals surface area contributed by atoms with E-state index in [0.717, 1.165) is 38.9 Å². The lowest BCUT2D eigenvalue weighted by Gasteiger charge is -2.39. The monoisotopic (exact) mass is 844 g/mol. The summed E-state index contributed by atoms with van der Waals surface area (Å²) in [5.41, 5.74) is 2.85. The fraction of sp³-hybridized carbons (Fsp3) is 0.707. The fourth-order valence-corrected chi connectivity index (χ4v) is 14.9. The van der Waals surface area contributed by atoms with E-state index in [9.17, 15) is 0 Å². The minimum absolute atomic E-state index is 0.0256. The number of fused-ring (bicyclic) bond motifs is 3. The topological polar surface area (TPSA) is 18.5 Å². The minimum atomic E-state index is -1.19. The van der Waals surface area contributed by atoms with Crippen LogP contribution < -0.4 is 0 Å². The number of hydrogen-bond acceptors (Lipinski definition) is 4. The number of rotatable bonds is 23. The van der Waals surface area contributed by atoms with E-state index < -0.39 is 10.0 Å². The molecule has 0 saturated carbocycles. The van der Waals surface area contributed by atoms with Crippen molar-refractivity contribution in [2.24, 2.45) is 0 Å². The summed E-state index contributed by atoms with van der Waals surface area (Å²) in [4.78, 5) is 3.19. The summed E-state index contributed by atoms with van der Waals surface area (Å²) in [6, 6.07) is 14.1. The summed E-state index contributed by atoms with van der Waals surface area (Å²) in [5, 5.41) is 0. The Kier molecular flexibility index (Phi) is 16.9. The van der Waals surface area contributed by atoms with Gasteiger partial charge in [-0.25, -0.2) is 0 Å². The van der Waals surface area contributed by atoms with Gasteiger partial charge >= 0.3 is 0 Å². The molecule has 7 heteroatoms. The fourth-order valence-electron chi connectivity index (χ4n) is 6.56. The number of halogens is 2. The zero-order valence-electron chi connectivity index (χ0n) is 31.9. The van der Waals surface area contributed by atoms with Gasteiger partial charge in [-0.2, -0.15) is 33.6 Å². The predicted octanol–water partition coefficient (Wildman–Crippen LogP) is 14.6. The van der Waals surface area contributed by atoms with Crippen molar-refractivity contribution < 1.29 is 9.47 Å². The highest BCUT2D eigenvalue weighted by atomic mass is 79.9. The van der Waals surface area contributed by atoms with Crippen LogP contribution in [0.1, 0.15) is 127 Å². The van der Waals surface area contributed by atoms with Crippen molar-refractivity contribution in [2.75, 3.05) is 36.2 Å². The van der Waals surface area contributed by atoms with Crippen LogP contribution in [-0.4, -0.2) is 56.9 Å². The molecule has 2 unspecified atom stereocenters. The molecule has 2 aromatic rings. The van der Waals surface area contributed by atoms with Crippen LogP contribution in [0.2, 0.25) is 0 Å². The van der Waals surface area contributed by atoms with Crippen molar-refractivity contribution in [1.29, 1.82) is 0 Å². The van der Waals surface area contributed by atoms with E-state index >= 15 is 0 Å². The summed E-state index contributed by atoms with van der Waals surface area (Å²) < 4.78 is 15.6. The molecular weight excluding hydrogens is 780 g/mol. The first-order chi connectivity index (χ1) is 22.6. The summed E-state index contributed by atoms with van der Waals surface area (Å²) in [5.74, 6) is 4.89. The van der Waals surface area contributed by atoms with Gasteiger partial charge in [-0.15, -0.1) is 0 Å². The lowest BCUT2D eigenvalue weighted by molar-refractivity contribution is -0.0273. The lowest BCUT2D eigenvalue weighted by Crippen LogP contribution is -2.29. The average Bonchev–Trinajstić information content (AvgIpc) is 3.29. The third-order valence-corrected chi connectivity index (χ3v) is 19.3. The molecule has 0 saturated heterocycles. The highest BCUT2D eigenvalue weighted by Crippen LogP contribution is 2.72. The van der Waals surface area contributed by atoms with Gasteiger partial charge in [0.05, 0.1) is 11.2 Å². The van der Waals surface area contributed by atoms with Crippen LogP contribution in [0.3, 0.4) is 0 Å². The molecule has 1 aliphatic heterocycles. The molecule has 0 aromatic heterocycles. The molecule has 3 rings (SSSR count). The average molecular weight is 847 g/mol. The second-order valence-electron chi connectivity index (χ2n) is 15.4. The Morgan fingerprint density at radius 2 is 1.04 bits per heavy atom. The van der Waals surface area contributed by atoms with Crippen LogP contribution in [0.15, 0.2) is 55.1 Å². The van der Waals surface area contributed by atoms with Crippen LogP contribution in [-0.2, 0) is 9.47 Å². The highest BCUT2D eigenvalue weighted by molar-refractivity contribution is 9.10. The van der Waals surface area contributed by atoms with Gasteiger partial charge in [0, 0.05) is 41.4 Å². The van der Waals surface area contributed by atoms with Crippen molar-refractivity contribution in [2.45, 2.75) is 158 Å². The molecule has 48 heavy (non-hydrogen) atoms.